The number of aromatic nitrogens is 1. The zero-order chi connectivity index (χ0) is 14.5. The molecule has 1 aromatic carbocycles. The summed E-state index contributed by atoms with van der Waals surface area (Å²) in [6.45, 7) is 1.95. The Morgan fingerprint density at radius 2 is 2.15 bits per heavy atom. The molecule has 20 heavy (non-hydrogen) atoms. The number of benzene rings is 1. The van der Waals surface area contributed by atoms with Crippen molar-refractivity contribution in [3.8, 4) is 11.5 Å². The molecule has 6 heteroatoms. The molecule has 0 saturated carbocycles. The molecule has 0 atom stereocenters. The highest BCUT2D eigenvalue weighted by molar-refractivity contribution is 5.51. The van der Waals surface area contributed by atoms with E-state index in [0.717, 1.165) is 12.0 Å². The number of anilines is 1. The Bertz CT molecular complexity index is 629. The quantitative estimate of drug-likeness (QED) is 0.667. The fourth-order valence-electron chi connectivity index (χ4n) is 1.75. The molecule has 0 radical (unpaired) electrons. The lowest BCUT2D eigenvalue weighted by atomic mass is 10.1. The highest BCUT2D eigenvalue weighted by atomic mass is 16.6. The molecule has 6 nitrogen and oxygen atoms in total. The minimum absolute atomic E-state index is 0.0350. The van der Waals surface area contributed by atoms with Crippen LogP contribution in [0.25, 0.3) is 0 Å². The van der Waals surface area contributed by atoms with E-state index in [1.807, 2.05) is 13.0 Å². The molecule has 1 heterocycles. The van der Waals surface area contributed by atoms with Crippen LogP contribution in [0, 0.1) is 10.1 Å². The molecule has 2 rings (SSSR count). The SMILES string of the molecule is CCc1ccc(Oc2ccnc(NC)c2)c([N+](=O)[O-])c1. The van der Waals surface area contributed by atoms with Gasteiger partial charge in [-0.1, -0.05) is 13.0 Å². The largest absolute Gasteiger partial charge is 0.450 e. The normalized spacial score (nSPS) is 10.1. The van der Waals surface area contributed by atoms with Crippen molar-refractivity contribution in [3.05, 3.63) is 52.2 Å². The predicted molar refractivity (Wildman–Crippen MR) is 76.3 cm³/mol. The summed E-state index contributed by atoms with van der Waals surface area (Å²) in [5.41, 5.74) is 0.863. The minimum Gasteiger partial charge on any atom is -0.450 e. The average Bonchev–Trinajstić information content (AvgIpc) is 2.47. The van der Waals surface area contributed by atoms with Gasteiger partial charge in [0.2, 0.25) is 5.75 Å². The van der Waals surface area contributed by atoms with E-state index in [-0.39, 0.29) is 11.4 Å². The van der Waals surface area contributed by atoms with Gasteiger partial charge in [0, 0.05) is 25.4 Å². The van der Waals surface area contributed by atoms with E-state index in [1.54, 1.807) is 31.4 Å². The molecule has 0 bridgehead atoms. The van der Waals surface area contributed by atoms with Gasteiger partial charge in [-0.15, -0.1) is 0 Å². The van der Waals surface area contributed by atoms with Crippen molar-refractivity contribution in [2.24, 2.45) is 0 Å². The summed E-state index contributed by atoms with van der Waals surface area (Å²) in [6, 6.07) is 8.31. The van der Waals surface area contributed by atoms with Crippen LogP contribution in [0.2, 0.25) is 0 Å². The van der Waals surface area contributed by atoms with Crippen LogP contribution in [0.1, 0.15) is 12.5 Å². The molecule has 0 saturated heterocycles. The molecule has 2 aromatic rings. The molecule has 0 amide bonds. The predicted octanol–water partition coefficient (Wildman–Crippen LogP) is 3.39. The van der Waals surface area contributed by atoms with Crippen molar-refractivity contribution < 1.29 is 9.66 Å². The van der Waals surface area contributed by atoms with E-state index in [1.165, 1.54) is 6.07 Å². The van der Waals surface area contributed by atoms with E-state index < -0.39 is 4.92 Å². The Hall–Kier alpha value is -2.63. The summed E-state index contributed by atoms with van der Waals surface area (Å²) in [5.74, 6) is 1.35. The topological polar surface area (TPSA) is 77.3 Å². The fourth-order valence-corrected chi connectivity index (χ4v) is 1.75. The average molecular weight is 273 g/mol. The van der Waals surface area contributed by atoms with Crippen molar-refractivity contribution in [3.63, 3.8) is 0 Å². The standard InChI is InChI=1S/C14H15N3O3/c1-3-10-4-5-13(12(8-10)17(18)19)20-11-6-7-16-14(9-11)15-2/h4-9H,3H2,1-2H3,(H,15,16). The maximum Gasteiger partial charge on any atom is 0.311 e. The van der Waals surface area contributed by atoms with Crippen LogP contribution >= 0.6 is 0 Å². The Balaban J connectivity index is 2.34. The number of aryl methyl sites for hydroxylation is 1. The van der Waals surface area contributed by atoms with Crippen LogP contribution in [-0.2, 0) is 6.42 Å². The third-order valence-corrected chi connectivity index (χ3v) is 2.84. The van der Waals surface area contributed by atoms with Crippen LogP contribution in [0.3, 0.4) is 0 Å². The van der Waals surface area contributed by atoms with Crippen LogP contribution in [0.4, 0.5) is 11.5 Å². The van der Waals surface area contributed by atoms with Gasteiger partial charge >= 0.3 is 5.69 Å². The maximum atomic E-state index is 11.1. The molecule has 0 aliphatic carbocycles. The van der Waals surface area contributed by atoms with Gasteiger partial charge in [0.25, 0.3) is 0 Å². The van der Waals surface area contributed by atoms with Gasteiger partial charge in [-0.05, 0) is 24.1 Å². The molecule has 1 N–H and O–H groups in total. The second-order valence-corrected chi connectivity index (χ2v) is 4.14. The van der Waals surface area contributed by atoms with E-state index in [4.69, 9.17) is 4.74 Å². The van der Waals surface area contributed by atoms with E-state index >= 15 is 0 Å². The van der Waals surface area contributed by atoms with Gasteiger partial charge in [0.05, 0.1) is 4.92 Å². The third kappa shape index (κ3) is 3.03. The number of hydrogen-bond acceptors (Lipinski definition) is 5. The number of nitro benzene ring substituents is 1. The Morgan fingerprint density at radius 3 is 2.80 bits per heavy atom. The van der Waals surface area contributed by atoms with Gasteiger partial charge in [0.15, 0.2) is 0 Å². The van der Waals surface area contributed by atoms with Gasteiger partial charge in [-0.2, -0.15) is 0 Å². The van der Waals surface area contributed by atoms with Gasteiger partial charge in [0.1, 0.15) is 11.6 Å². The number of nitrogens with one attached hydrogen (secondary N) is 1. The maximum absolute atomic E-state index is 11.1. The van der Waals surface area contributed by atoms with Crippen LogP contribution in [-0.4, -0.2) is 17.0 Å². The first kappa shape index (κ1) is 13.8. The second kappa shape index (κ2) is 6.01. The number of nitro groups is 1. The van der Waals surface area contributed by atoms with E-state index in [9.17, 15) is 10.1 Å². The molecule has 0 aliphatic heterocycles. The van der Waals surface area contributed by atoms with Gasteiger partial charge < -0.3 is 10.1 Å². The van der Waals surface area contributed by atoms with Crippen LogP contribution in [0.5, 0.6) is 11.5 Å². The molecule has 0 fully saturated rings. The zero-order valence-corrected chi connectivity index (χ0v) is 11.3. The number of hydrogen-bond donors (Lipinski definition) is 1. The first-order valence-electron chi connectivity index (χ1n) is 6.23. The highest BCUT2D eigenvalue weighted by Crippen LogP contribution is 2.32. The van der Waals surface area contributed by atoms with Gasteiger partial charge in [-0.3, -0.25) is 10.1 Å². The second-order valence-electron chi connectivity index (χ2n) is 4.14. The molecule has 0 spiro atoms. The molecular weight excluding hydrogens is 258 g/mol. The summed E-state index contributed by atoms with van der Waals surface area (Å²) >= 11 is 0. The van der Waals surface area contributed by atoms with Crippen molar-refractivity contribution in [1.29, 1.82) is 0 Å². The Kier molecular flexibility index (Phi) is 4.14. The van der Waals surface area contributed by atoms with E-state index in [0.29, 0.717) is 11.6 Å². The number of pyridine rings is 1. The van der Waals surface area contributed by atoms with Gasteiger partial charge in [-0.25, -0.2) is 4.98 Å². The lowest BCUT2D eigenvalue weighted by molar-refractivity contribution is -0.385. The number of ether oxygens (including phenoxy) is 1. The molecule has 1 aromatic heterocycles. The number of nitrogens with zero attached hydrogens (tertiary/aromatic N) is 2. The Morgan fingerprint density at radius 1 is 1.35 bits per heavy atom. The van der Waals surface area contributed by atoms with Crippen molar-refractivity contribution in [1.82, 2.24) is 4.98 Å². The van der Waals surface area contributed by atoms with Crippen LogP contribution in [0.15, 0.2) is 36.5 Å². The lowest BCUT2D eigenvalue weighted by Crippen LogP contribution is -1.96. The van der Waals surface area contributed by atoms with Crippen LogP contribution < -0.4 is 10.1 Å². The summed E-state index contributed by atoms with van der Waals surface area (Å²) in [5, 5.41) is 14.0. The zero-order valence-electron chi connectivity index (χ0n) is 11.3. The highest BCUT2D eigenvalue weighted by Gasteiger charge is 2.16. The molecular formula is C14H15N3O3. The Labute approximate surface area is 116 Å². The minimum atomic E-state index is -0.436. The summed E-state index contributed by atoms with van der Waals surface area (Å²) in [7, 11) is 1.74. The molecule has 104 valence electrons. The molecule has 0 aliphatic rings. The number of rotatable bonds is 5. The van der Waals surface area contributed by atoms with Crippen molar-refractivity contribution in [2.75, 3.05) is 12.4 Å². The van der Waals surface area contributed by atoms with Crippen molar-refractivity contribution >= 4 is 11.5 Å². The monoisotopic (exact) mass is 273 g/mol. The smallest absolute Gasteiger partial charge is 0.311 e. The summed E-state index contributed by atoms with van der Waals surface area (Å²) < 4.78 is 5.59. The summed E-state index contributed by atoms with van der Waals surface area (Å²) in [4.78, 5) is 14.7. The van der Waals surface area contributed by atoms with Crippen molar-refractivity contribution in [2.45, 2.75) is 13.3 Å². The fraction of sp³-hybridized carbons (Fsp3) is 0.214. The lowest BCUT2D eigenvalue weighted by Gasteiger charge is -2.08. The molecule has 0 unspecified atom stereocenters. The summed E-state index contributed by atoms with van der Waals surface area (Å²) in [6.07, 6.45) is 2.31. The first-order valence-corrected chi connectivity index (χ1v) is 6.23. The first-order chi connectivity index (χ1) is 9.63. The third-order valence-electron chi connectivity index (χ3n) is 2.84. The van der Waals surface area contributed by atoms with E-state index in [2.05, 4.69) is 10.3 Å².